The number of carboxylic acids is 1. The molecule has 106 valence electrons. The summed E-state index contributed by atoms with van der Waals surface area (Å²) in [6.45, 7) is 4.92. The molecule has 1 atom stereocenters. The van der Waals surface area contributed by atoms with Gasteiger partial charge >= 0.3 is 5.97 Å². The van der Waals surface area contributed by atoms with Crippen molar-refractivity contribution in [3.05, 3.63) is 29.3 Å². The molecule has 2 N–H and O–H groups in total. The number of hydrogen-bond acceptors (Lipinski definition) is 3. The molecule has 0 aliphatic heterocycles. The highest BCUT2D eigenvalue weighted by molar-refractivity contribution is 7.89. The summed E-state index contributed by atoms with van der Waals surface area (Å²) in [5.41, 5.74) is -0.764. The lowest BCUT2D eigenvalue weighted by Gasteiger charge is -2.27. The molecule has 5 nitrogen and oxygen atoms in total. The van der Waals surface area contributed by atoms with Crippen LogP contribution in [0, 0.1) is 5.41 Å². The standard InChI is InChI=1S/C12H16ClNO4S/c1-12(2,3)10(11(15)16)14-19(17,18)9-7-5-4-6-8(9)13/h4-7,10,14H,1-3H3,(H,15,16)/t10-/m0/s1. The molecule has 1 rings (SSSR count). The fraction of sp³-hybridized carbons (Fsp3) is 0.417. The molecular formula is C12H16ClNO4S. The Morgan fingerprint density at radius 1 is 1.32 bits per heavy atom. The van der Waals surface area contributed by atoms with E-state index in [-0.39, 0.29) is 9.92 Å². The third-order valence-electron chi connectivity index (χ3n) is 2.51. The highest BCUT2D eigenvalue weighted by atomic mass is 35.5. The van der Waals surface area contributed by atoms with Crippen molar-refractivity contribution in [1.29, 1.82) is 0 Å². The van der Waals surface area contributed by atoms with E-state index in [0.717, 1.165) is 0 Å². The minimum absolute atomic E-state index is 0.0491. The molecule has 0 saturated heterocycles. The zero-order valence-corrected chi connectivity index (χ0v) is 12.4. The molecule has 0 saturated carbocycles. The predicted molar refractivity (Wildman–Crippen MR) is 72.7 cm³/mol. The number of nitrogens with one attached hydrogen (secondary N) is 1. The van der Waals surface area contributed by atoms with E-state index < -0.39 is 27.4 Å². The lowest BCUT2D eigenvalue weighted by atomic mass is 9.88. The number of carbonyl (C=O) groups is 1. The average Bonchev–Trinajstić information content (AvgIpc) is 2.24. The summed E-state index contributed by atoms with van der Waals surface area (Å²) in [7, 11) is -3.98. The molecule has 0 bridgehead atoms. The number of sulfonamides is 1. The normalized spacial score (nSPS) is 14.1. The van der Waals surface area contributed by atoms with Crippen molar-refractivity contribution in [3.8, 4) is 0 Å². The second-order valence-corrected chi connectivity index (χ2v) is 7.28. The van der Waals surface area contributed by atoms with Gasteiger partial charge < -0.3 is 5.11 Å². The molecule has 0 heterocycles. The molecular weight excluding hydrogens is 290 g/mol. The van der Waals surface area contributed by atoms with E-state index in [1.54, 1.807) is 26.8 Å². The van der Waals surface area contributed by atoms with Crippen LogP contribution in [0.3, 0.4) is 0 Å². The Hall–Kier alpha value is -1.11. The molecule has 0 aromatic heterocycles. The first-order valence-corrected chi connectivity index (χ1v) is 7.41. The molecule has 0 amide bonds. The number of carboxylic acid groups (broad SMARTS) is 1. The minimum Gasteiger partial charge on any atom is -0.480 e. The maximum atomic E-state index is 12.2. The number of rotatable bonds is 4. The van der Waals surface area contributed by atoms with E-state index in [2.05, 4.69) is 4.72 Å². The second-order valence-electron chi connectivity index (χ2n) is 5.19. The van der Waals surface area contributed by atoms with Gasteiger partial charge in [0.2, 0.25) is 10.0 Å². The SMILES string of the molecule is CC(C)(C)[C@@H](NS(=O)(=O)c1ccccc1Cl)C(=O)O. The molecule has 1 aromatic rings. The van der Waals surface area contributed by atoms with Crippen molar-refractivity contribution in [2.45, 2.75) is 31.7 Å². The summed E-state index contributed by atoms with van der Waals surface area (Å²) >= 11 is 5.82. The quantitative estimate of drug-likeness (QED) is 0.892. The first-order chi connectivity index (χ1) is 8.55. The summed E-state index contributed by atoms with van der Waals surface area (Å²) in [5.74, 6) is -1.23. The number of halogens is 1. The lowest BCUT2D eigenvalue weighted by molar-refractivity contribution is -0.141. The fourth-order valence-electron chi connectivity index (χ4n) is 1.48. The van der Waals surface area contributed by atoms with E-state index in [9.17, 15) is 13.2 Å². The average molecular weight is 306 g/mol. The van der Waals surface area contributed by atoms with Crippen molar-refractivity contribution in [2.75, 3.05) is 0 Å². The van der Waals surface area contributed by atoms with Gasteiger partial charge in [0.15, 0.2) is 0 Å². The molecule has 0 aliphatic carbocycles. The van der Waals surface area contributed by atoms with Crippen LogP contribution in [0.15, 0.2) is 29.2 Å². The van der Waals surface area contributed by atoms with Gasteiger partial charge in [-0.1, -0.05) is 44.5 Å². The van der Waals surface area contributed by atoms with Gasteiger partial charge in [0, 0.05) is 0 Å². The summed E-state index contributed by atoms with van der Waals surface area (Å²) in [6, 6.07) is 4.64. The second kappa shape index (κ2) is 5.48. The molecule has 0 fully saturated rings. The Morgan fingerprint density at radius 2 is 1.84 bits per heavy atom. The summed E-state index contributed by atoms with van der Waals surface area (Å²) in [5, 5.41) is 9.18. The van der Waals surface area contributed by atoms with Gasteiger partial charge in [-0.05, 0) is 17.5 Å². The van der Waals surface area contributed by atoms with Gasteiger partial charge in [-0.15, -0.1) is 0 Å². The van der Waals surface area contributed by atoms with Crippen molar-refractivity contribution in [3.63, 3.8) is 0 Å². The number of aliphatic carboxylic acids is 1. The Balaban J connectivity index is 3.16. The number of benzene rings is 1. The van der Waals surface area contributed by atoms with Crippen LogP contribution in [0.5, 0.6) is 0 Å². The van der Waals surface area contributed by atoms with Crippen molar-refractivity contribution in [2.24, 2.45) is 5.41 Å². The Morgan fingerprint density at radius 3 is 2.26 bits per heavy atom. The van der Waals surface area contributed by atoms with Gasteiger partial charge in [0.1, 0.15) is 10.9 Å². The van der Waals surface area contributed by atoms with Gasteiger partial charge in [0.05, 0.1) is 5.02 Å². The summed E-state index contributed by atoms with van der Waals surface area (Å²) in [4.78, 5) is 11.0. The lowest BCUT2D eigenvalue weighted by Crippen LogP contribution is -2.48. The third kappa shape index (κ3) is 3.92. The maximum absolute atomic E-state index is 12.2. The van der Waals surface area contributed by atoms with Crippen molar-refractivity contribution in [1.82, 2.24) is 4.72 Å². The van der Waals surface area contributed by atoms with Crippen molar-refractivity contribution >= 4 is 27.6 Å². The molecule has 0 spiro atoms. The zero-order valence-electron chi connectivity index (χ0n) is 10.8. The molecule has 0 unspecified atom stereocenters. The molecule has 19 heavy (non-hydrogen) atoms. The molecule has 0 radical (unpaired) electrons. The van der Waals surface area contributed by atoms with Crippen LogP contribution in [-0.2, 0) is 14.8 Å². The smallest absolute Gasteiger partial charge is 0.322 e. The zero-order chi connectivity index (χ0) is 14.8. The van der Waals surface area contributed by atoms with Crippen LogP contribution < -0.4 is 4.72 Å². The Kier molecular flexibility index (Phi) is 4.60. The largest absolute Gasteiger partial charge is 0.480 e. The summed E-state index contributed by atoms with van der Waals surface area (Å²) < 4.78 is 26.5. The van der Waals surface area contributed by atoms with E-state index in [1.807, 2.05) is 0 Å². The number of hydrogen-bond donors (Lipinski definition) is 2. The minimum atomic E-state index is -3.98. The Labute approximate surface area is 117 Å². The first kappa shape index (κ1) is 15.9. The maximum Gasteiger partial charge on any atom is 0.322 e. The molecule has 0 aliphatic rings. The van der Waals surface area contributed by atoms with E-state index in [0.29, 0.717) is 0 Å². The molecule has 7 heteroatoms. The van der Waals surface area contributed by atoms with Crippen LogP contribution >= 0.6 is 11.6 Å². The monoisotopic (exact) mass is 305 g/mol. The molecule has 1 aromatic carbocycles. The highest BCUT2D eigenvalue weighted by Gasteiger charge is 2.35. The van der Waals surface area contributed by atoms with Crippen LogP contribution in [0.2, 0.25) is 5.02 Å². The van der Waals surface area contributed by atoms with Gasteiger partial charge in [0.25, 0.3) is 0 Å². The highest BCUT2D eigenvalue weighted by Crippen LogP contribution is 2.24. The predicted octanol–water partition coefficient (Wildman–Crippen LogP) is 2.12. The van der Waals surface area contributed by atoms with Gasteiger partial charge in [-0.2, -0.15) is 4.72 Å². The fourth-order valence-corrected chi connectivity index (χ4v) is 3.39. The van der Waals surface area contributed by atoms with E-state index >= 15 is 0 Å². The topological polar surface area (TPSA) is 83.5 Å². The third-order valence-corrected chi connectivity index (χ3v) is 4.43. The van der Waals surface area contributed by atoms with Gasteiger partial charge in [-0.3, -0.25) is 4.79 Å². The van der Waals surface area contributed by atoms with Crippen LogP contribution in [0.25, 0.3) is 0 Å². The Bertz CT molecular complexity index is 578. The van der Waals surface area contributed by atoms with Gasteiger partial charge in [-0.25, -0.2) is 8.42 Å². The summed E-state index contributed by atoms with van der Waals surface area (Å²) in [6.07, 6.45) is 0. The van der Waals surface area contributed by atoms with E-state index in [4.69, 9.17) is 16.7 Å². The van der Waals surface area contributed by atoms with Crippen LogP contribution in [-0.4, -0.2) is 25.5 Å². The van der Waals surface area contributed by atoms with Crippen molar-refractivity contribution < 1.29 is 18.3 Å². The van der Waals surface area contributed by atoms with Crippen LogP contribution in [0.4, 0.5) is 0 Å². The first-order valence-electron chi connectivity index (χ1n) is 5.55. The van der Waals surface area contributed by atoms with Crippen LogP contribution in [0.1, 0.15) is 20.8 Å². The van der Waals surface area contributed by atoms with E-state index in [1.165, 1.54) is 18.2 Å².